The van der Waals surface area contributed by atoms with Crippen LogP contribution in [0.2, 0.25) is 0 Å². The van der Waals surface area contributed by atoms with Crippen LogP contribution in [0.5, 0.6) is 0 Å². The Morgan fingerprint density at radius 1 is 1.43 bits per heavy atom. The zero-order valence-electron chi connectivity index (χ0n) is 9.28. The van der Waals surface area contributed by atoms with E-state index in [4.69, 9.17) is 4.74 Å². The van der Waals surface area contributed by atoms with Gasteiger partial charge in [-0.15, -0.1) is 0 Å². The molecule has 0 radical (unpaired) electrons. The van der Waals surface area contributed by atoms with Crippen LogP contribution in [0.25, 0.3) is 0 Å². The molecular weight excluding hydrogens is 180 g/mol. The van der Waals surface area contributed by atoms with Crippen molar-refractivity contribution in [1.29, 1.82) is 0 Å². The Hall–Kier alpha value is -1.19. The molecule has 0 aromatic carbocycles. The summed E-state index contributed by atoms with van der Waals surface area (Å²) in [6.45, 7) is 6.68. The first-order chi connectivity index (χ1) is 6.37. The molecule has 0 aromatic rings. The lowest BCUT2D eigenvalue weighted by molar-refractivity contribution is -0.155. The molecule has 0 atom stereocenters. The van der Waals surface area contributed by atoms with Gasteiger partial charge in [-0.1, -0.05) is 0 Å². The van der Waals surface area contributed by atoms with Crippen LogP contribution in [-0.2, 0) is 9.53 Å². The maximum Gasteiger partial charge on any atom is 0.326 e. The summed E-state index contributed by atoms with van der Waals surface area (Å²) < 4.78 is 5.20. The van der Waals surface area contributed by atoms with Crippen molar-refractivity contribution < 1.29 is 9.53 Å². The van der Waals surface area contributed by atoms with E-state index in [0.29, 0.717) is 6.54 Å². The van der Waals surface area contributed by atoms with Crippen LogP contribution in [-0.4, -0.2) is 41.6 Å². The SMILES string of the molecule is CN1C=CN(CC(=O)OC(C)(C)C)C1. The second kappa shape index (κ2) is 3.90. The van der Waals surface area contributed by atoms with Gasteiger partial charge in [-0.3, -0.25) is 4.79 Å². The van der Waals surface area contributed by atoms with E-state index in [0.717, 1.165) is 6.67 Å². The number of carbonyl (C=O) groups excluding carboxylic acids is 1. The fourth-order valence-corrected chi connectivity index (χ4v) is 1.23. The molecule has 1 aliphatic heterocycles. The maximum atomic E-state index is 11.4. The molecule has 0 amide bonds. The summed E-state index contributed by atoms with van der Waals surface area (Å²) in [5, 5.41) is 0. The molecule has 0 aliphatic carbocycles. The number of rotatable bonds is 2. The van der Waals surface area contributed by atoms with E-state index in [-0.39, 0.29) is 5.97 Å². The van der Waals surface area contributed by atoms with Crippen molar-refractivity contribution in [2.75, 3.05) is 20.3 Å². The highest BCUT2D eigenvalue weighted by Crippen LogP contribution is 2.09. The largest absolute Gasteiger partial charge is 0.459 e. The fraction of sp³-hybridized carbons (Fsp3) is 0.700. The van der Waals surface area contributed by atoms with Crippen molar-refractivity contribution in [3.8, 4) is 0 Å². The standard InChI is InChI=1S/C10H18N2O2/c1-10(2,3)14-9(13)7-12-6-5-11(4)8-12/h5-6H,7-8H2,1-4H3. The normalized spacial score (nSPS) is 16.3. The van der Waals surface area contributed by atoms with Crippen LogP contribution in [0.3, 0.4) is 0 Å². The van der Waals surface area contributed by atoms with Crippen molar-refractivity contribution in [2.24, 2.45) is 0 Å². The lowest BCUT2D eigenvalue weighted by Crippen LogP contribution is -2.33. The highest BCUT2D eigenvalue weighted by atomic mass is 16.6. The van der Waals surface area contributed by atoms with Crippen molar-refractivity contribution in [1.82, 2.24) is 9.80 Å². The molecule has 0 saturated carbocycles. The third-order valence-electron chi connectivity index (χ3n) is 1.69. The van der Waals surface area contributed by atoms with Crippen LogP contribution in [0, 0.1) is 0 Å². The number of ether oxygens (including phenoxy) is 1. The van der Waals surface area contributed by atoms with Crippen LogP contribution in [0.4, 0.5) is 0 Å². The first-order valence-corrected chi connectivity index (χ1v) is 4.71. The molecule has 0 fully saturated rings. The summed E-state index contributed by atoms with van der Waals surface area (Å²) in [6.07, 6.45) is 3.83. The third kappa shape index (κ3) is 3.68. The van der Waals surface area contributed by atoms with E-state index < -0.39 is 5.60 Å². The highest BCUT2D eigenvalue weighted by molar-refractivity contribution is 5.72. The minimum absolute atomic E-state index is 0.183. The van der Waals surface area contributed by atoms with Gasteiger partial charge in [0, 0.05) is 19.4 Å². The van der Waals surface area contributed by atoms with Gasteiger partial charge in [-0.05, 0) is 20.8 Å². The molecule has 0 bridgehead atoms. The smallest absolute Gasteiger partial charge is 0.326 e. The molecule has 4 nitrogen and oxygen atoms in total. The van der Waals surface area contributed by atoms with Gasteiger partial charge in [0.05, 0.1) is 6.67 Å². The molecule has 0 saturated heterocycles. The number of carbonyl (C=O) groups is 1. The predicted octanol–water partition coefficient (Wildman–Crippen LogP) is 1.00. The summed E-state index contributed by atoms with van der Waals surface area (Å²) >= 11 is 0. The van der Waals surface area contributed by atoms with E-state index in [1.165, 1.54) is 0 Å². The molecule has 0 spiro atoms. The Bertz CT molecular complexity index is 243. The van der Waals surface area contributed by atoms with Gasteiger partial charge < -0.3 is 14.5 Å². The molecule has 0 aromatic heterocycles. The van der Waals surface area contributed by atoms with Gasteiger partial charge in [-0.25, -0.2) is 0 Å². The van der Waals surface area contributed by atoms with Gasteiger partial charge in [-0.2, -0.15) is 0 Å². The van der Waals surface area contributed by atoms with E-state index in [9.17, 15) is 4.79 Å². The van der Waals surface area contributed by atoms with Crippen molar-refractivity contribution in [3.05, 3.63) is 12.4 Å². The average molecular weight is 198 g/mol. The Morgan fingerprint density at radius 3 is 2.50 bits per heavy atom. The molecule has 4 heteroatoms. The van der Waals surface area contributed by atoms with Gasteiger partial charge in [0.15, 0.2) is 0 Å². The Labute approximate surface area is 85.1 Å². The molecule has 14 heavy (non-hydrogen) atoms. The maximum absolute atomic E-state index is 11.4. The summed E-state index contributed by atoms with van der Waals surface area (Å²) in [7, 11) is 1.96. The van der Waals surface area contributed by atoms with Crippen LogP contribution in [0.15, 0.2) is 12.4 Å². The Morgan fingerprint density at radius 2 is 2.07 bits per heavy atom. The van der Waals surface area contributed by atoms with Crippen molar-refractivity contribution in [2.45, 2.75) is 26.4 Å². The van der Waals surface area contributed by atoms with Crippen LogP contribution >= 0.6 is 0 Å². The second-order valence-corrected chi connectivity index (χ2v) is 4.53. The number of hydrogen-bond donors (Lipinski definition) is 0. The summed E-state index contributed by atoms with van der Waals surface area (Å²) in [5.74, 6) is -0.183. The number of esters is 1. The average Bonchev–Trinajstić information content (AvgIpc) is 2.30. The van der Waals surface area contributed by atoms with Crippen molar-refractivity contribution >= 4 is 5.97 Å². The molecule has 1 rings (SSSR count). The molecule has 80 valence electrons. The first kappa shape index (κ1) is 10.9. The van der Waals surface area contributed by atoms with Crippen molar-refractivity contribution in [3.63, 3.8) is 0 Å². The number of hydrogen-bond acceptors (Lipinski definition) is 4. The van der Waals surface area contributed by atoms with Gasteiger partial charge in [0.2, 0.25) is 0 Å². The molecule has 0 unspecified atom stereocenters. The Kier molecular flexibility index (Phi) is 3.03. The zero-order chi connectivity index (χ0) is 10.8. The minimum Gasteiger partial charge on any atom is -0.459 e. The third-order valence-corrected chi connectivity index (χ3v) is 1.69. The quantitative estimate of drug-likeness (QED) is 0.620. The number of nitrogens with zero attached hydrogens (tertiary/aromatic N) is 2. The van der Waals surface area contributed by atoms with Gasteiger partial charge in [0.1, 0.15) is 12.1 Å². The summed E-state index contributed by atoms with van der Waals surface area (Å²) in [6, 6.07) is 0. The van der Waals surface area contributed by atoms with E-state index >= 15 is 0 Å². The molecule has 1 aliphatic rings. The minimum atomic E-state index is -0.396. The zero-order valence-corrected chi connectivity index (χ0v) is 9.28. The second-order valence-electron chi connectivity index (χ2n) is 4.53. The van der Waals surface area contributed by atoms with Crippen LogP contribution < -0.4 is 0 Å². The van der Waals surface area contributed by atoms with Gasteiger partial charge in [0.25, 0.3) is 0 Å². The van der Waals surface area contributed by atoms with E-state index in [2.05, 4.69) is 0 Å². The molecular formula is C10H18N2O2. The first-order valence-electron chi connectivity index (χ1n) is 4.71. The highest BCUT2D eigenvalue weighted by Gasteiger charge is 2.19. The molecule has 0 N–H and O–H groups in total. The van der Waals surface area contributed by atoms with Gasteiger partial charge >= 0.3 is 5.97 Å². The van der Waals surface area contributed by atoms with E-state index in [1.54, 1.807) is 0 Å². The lowest BCUT2D eigenvalue weighted by Gasteiger charge is -2.22. The fourth-order valence-electron chi connectivity index (χ4n) is 1.23. The lowest BCUT2D eigenvalue weighted by atomic mass is 10.2. The Balaban J connectivity index is 2.32. The topological polar surface area (TPSA) is 32.8 Å². The summed E-state index contributed by atoms with van der Waals surface area (Å²) in [5.41, 5.74) is -0.396. The predicted molar refractivity (Wildman–Crippen MR) is 54.3 cm³/mol. The summed E-state index contributed by atoms with van der Waals surface area (Å²) in [4.78, 5) is 15.3. The van der Waals surface area contributed by atoms with E-state index in [1.807, 2.05) is 50.0 Å². The molecule has 1 heterocycles. The monoisotopic (exact) mass is 198 g/mol. The van der Waals surface area contributed by atoms with Crippen LogP contribution in [0.1, 0.15) is 20.8 Å².